The fourth-order valence-electron chi connectivity index (χ4n) is 7.34. The second kappa shape index (κ2) is 12.6. The molecule has 2 saturated heterocycles. The molecule has 5 amide bonds. The predicted molar refractivity (Wildman–Crippen MR) is 177 cm³/mol. The molecule has 6 atom stereocenters. The first-order valence-electron chi connectivity index (χ1n) is 15.7. The van der Waals surface area contributed by atoms with Gasteiger partial charge in [-0.05, 0) is 66.5 Å². The summed E-state index contributed by atoms with van der Waals surface area (Å²) in [6, 6.07) is -2.88. The molecule has 252 valence electrons. The third kappa shape index (κ3) is 7.08. The Bertz CT molecular complexity index is 1360. The highest BCUT2D eigenvalue weighted by atomic mass is 127. The van der Waals surface area contributed by atoms with Gasteiger partial charge in [-0.25, -0.2) is 13.2 Å². The van der Waals surface area contributed by atoms with E-state index in [1.54, 1.807) is 43.4 Å². The van der Waals surface area contributed by atoms with Crippen LogP contribution in [0.4, 0.5) is 4.79 Å². The maximum atomic E-state index is 14.2. The van der Waals surface area contributed by atoms with E-state index in [4.69, 9.17) is 23.2 Å². The van der Waals surface area contributed by atoms with E-state index in [1.165, 1.54) is 4.90 Å². The highest BCUT2D eigenvalue weighted by molar-refractivity contribution is 14.1. The normalized spacial score (nSPS) is 30.8. The second-order valence-electron chi connectivity index (χ2n) is 14.3. The smallest absolute Gasteiger partial charge is 0.315 e. The van der Waals surface area contributed by atoms with E-state index in [0.29, 0.717) is 25.7 Å². The van der Waals surface area contributed by atoms with Gasteiger partial charge in [0.15, 0.2) is 9.84 Å². The molecule has 0 radical (unpaired) electrons. The summed E-state index contributed by atoms with van der Waals surface area (Å²) in [4.78, 5) is 67.7. The van der Waals surface area contributed by atoms with Gasteiger partial charge in [-0.3, -0.25) is 19.2 Å². The molecular formula is C29H42Cl2IN5O7S. The van der Waals surface area contributed by atoms with Crippen LogP contribution in [-0.4, -0.2) is 92.4 Å². The van der Waals surface area contributed by atoms with Crippen molar-refractivity contribution in [2.45, 2.75) is 116 Å². The highest BCUT2D eigenvalue weighted by Crippen LogP contribution is 2.65. The molecule has 0 aromatic rings. The first-order chi connectivity index (χ1) is 20.9. The van der Waals surface area contributed by atoms with Crippen molar-refractivity contribution >= 4 is 85.2 Å². The molecule has 16 heteroatoms. The topological polar surface area (TPSA) is 171 Å². The number of nitrogens with zero attached hydrogens (tertiary/aromatic N) is 1. The van der Waals surface area contributed by atoms with Gasteiger partial charge in [0.2, 0.25) is 11.8 Å². The number of halogens is 3. The molecule has 5 aliphatic rings. The van der Waals surface area contributed by atoms with Gasteiger partial charge in [0, 0.05) is 24.4 Å². The molecule has 3 aliphatic carbocycles. The summed E-state index contributed by atoms with van der Waals surface area (Å²) in [7, 11) is -3.37. The Morgan fingerprint density at radius 3 is 2.16 bits per heavy atom. The number of carbonyl (C=O) groups is 5. The van der Waals surface area contributed by atoms with Crippen molar-refractivity contribution in [3.8, 4) is 0 Å². The lowest BCUT2D eigenvalue weighted by Gasteiger charge is -2.43. The Morgan fingerprint density at radius 2 is 1.60 bits per heavy atom. The van der Waals surface area contributed by atoms with Crippen molar-refractivity contribution < 1.29 is 32.4 Å². The van der Waals surface area contributed by atoms with E-state index in [1.807, 2.05) is 0 Å². The van der Waals surface area contributed by atoms with E-state index in [9.17, 15) is 32.4 Å². The number of carbonyl (C=O) groups excluding carboxylic acids is 5. The van der Waals surface area contributed by atoms with Crippen molar-refractivity contribution in [2.24, 2.45) is 17.3 Å². The summed E-state index contributed by atoms with van der Waals surface area (Å²) >= 11 is 14.6. The summed E-state index contributed by atoms with van der Waals surface area (Å²) in [6.45, 7) is 5.41. The lowest BCUT2D eigenvalue weighted by Crippen LogP contribution is -2.65. The number of alkyl halides is 3. The van der Waals surface area contributed by atoms with Crippen molar-refractivity contribution in [1.82, 2.24) is 26.2 Å². The number of fused-ring (bicyclic) bond motifs is 1. The number of rotatable bonds is 9. The third-order valence-corrected chi connectivity index (χ3v) is 14.3. The molecule has 0 bridgehead atoms. The van der Waals surface area contributed by atoms with E-state index in [0.717, 1.165) is 32.1 Å². The van der Waals surface area contributed by atoms with Crippen molar-refractivity contribution in [3.63, 3.8) is 0 Å². The summed E-state index contributed by atoms with van der Waals surface area (Å²) < 4.78 is 23.5. The van der Waals surface area contributed by atoms with Crippen molar-refractivity contribution in [1.29, 1.82) is 0 Å². The zero-order chi connectivity index (χ0) is 33.1. The minimum atomic E-state index is -3.37. The number of hydrogen-bond acceptors (Lipinski definition) is 7. The summed E-state index contributed by atoms with van der Waals surface area (Å²) in [5.41, 5.74) is -1.71. The maximum absolute atomic E-state index is 14.2. The Morgan fingerprint density at radius 1 is 0.956 bits per heavy atom. The molecule has 0 aromatic carbocycles. The number of sulfone groups is 1. The van der Waals surface area contributed by atoms with Gasteiger partial charge < -0.3 is 26.2 Å². The molecule has 3 saturated carbocycles. The molecule has 5 rings (SSSR count). The van der Waals surface area contributed by atoms with Gasteiger partial charge in [-0.1, -0.05) is 40.0 Å². The van der Waals surface area contributed by atoms with Gasteiger partial charge in [0.05, 0.1) is 16.5 Å². The average molecular weight is 803 g/mol. The molecule has 0 spiro atoms. The van der Waals surface area contributed by atoms with Crippen LogP contribution in [0.15, 0.2) is 0 Å². The van der Waals surface area contributed by atoms with E-state index < -0.39 is 87.9 Å². The fourth-order valence-corrected chi connectivity index (χ4v) is 11.1. The maximum Gasteiger partial charge on any atom is 0.315 e. The first kappa shape index (κ1) is 34.9. The zero-order valence-electron chi connectivity index (χ0n) is 25.7. The van der Waals surface area contributed by atoms with Gasteiger partial charge in [-0.15, -0.1) is 23.2 Å². The molecule has 12 nitrogen and oxygen atoms in total. The summed E-state index contributed by atoms with van der Waals surface area (Å²) in [5, 5.41) is 10.3. The van der Waals surface area contributed by atoms with Crippen LogP contribution in [0.1, 0.15) is 78.6 Å². The largest absolute Gasteiger partial charge is 0.347 e. The number of likely N-dealkylation sites (tertiary alicyclic amines) is 1. The number of urea groups is 1. The SMILES string of the molecule is CC(C)(C)[C@H](NC(=O)NC1(C2CCCS2(=O)=O)CCCCC1)C(=O)N1CC2C([C@H]1C(=O)NC(I)C(=O)C(=O)NC1CC1)C2(Cl)Cl. The molecule has 5 fully saturated rings. The minimum Gasteiger partial charge on any atom is -0.347 e. The van der Waals surface area contributed by atoms with E-state index >= 15 is 0 Å². The fraction of sp³-hybridized carbons (Fsp3) is 0.828. The molecule has 45 heavy (non-hydrogen) atoms. The van der Waals surface area contributed by atoms with Gasteiger partial charge in [0.25, 0.3) is 11.7 Å². The van der Waals surface area contributed by atoms with Crippen LogP contribution in [0.2, 0.25) is 0 Å². The average Bonchev–Trinajstić information content (AvgIpc) is 3.72. The van der Waals surface area contributed by atoms with Crippen LogP contribution >= 0.6 is 45.8 Å². The van der Waals surface area contributed by atoms with Crippen molar-refractivity contribution in [3.05, 3.63) is 0 Å². The number of amides is 5. The lowest BCUT2D eigenvalue weighted by atomic mass is 9.78. The Balaban J connectivity index is 1.32. The summed E-state index contributed by atoms with van der Waals surface area (Å²) in [6.07, 6.45) is 6.27. The Hall–Kier alpha value is -1.39. The van der Waals surface area contributed by atoms with E-state index in [2.05, 4.69) is 21.3 Å². The van der Waals surface area contributed by atoms with Crippen LogP contribution in [-0.2, 0) is 29.0 Å². The summed E-state index contributed by atoms with van der Waals surface area (Å²) in [5.74, 6) is -3.68. The monoisotopic (exact) mass is 801 g/mol. The number of piperidine rings is 1. The van der Waals surface area contributed by atoms with Crippen LogP contribution in [0.25, 0.3) is 0 Å². The second-order valence-corrected chi connectivity index (χ2v) is 19.3. The van der Waals surface area contributed by atoms with Crippen LogP contribution in [0, 0.1) is 17.3 Å². The third-order valence-electron chi connectivity index (χ3n) is 9.96. The predicted octanol–water partition coefficient (Wildman–Crippen LogP) is 2.34. The molecule has 2 aliphatic heterocycles. The molecule has 0 aromatic heterocycles. The van der Waals surface area contributed by atoms with Crippen LogP contribution in [0.5, 0.6) is 0 Å². The van der Waals surface area contributed by atoms with E-state index in [-0.39, 0.29) is 18.3 Å². The minimum absolute atomic E-state index is 0.0291. The van der Waals surface area contributed by atoms with Gasteiger partial charge in [-0.2, -0.15) is 0 Å². The molecule has 4 N–H and O–H groups in total. The Kier molecular flexibility index (Phi) is 9.76. The standard InChI is InChI=1S/C29H42Cl2IN5O7S/c1-27(2,3)21(34-26(42)36-28(11-5-4-6-12-28)17-8-7-13-45(17,43)44)25(41)37-14-16-18(29(16,30)31)19(37)23(39)35-22(32)20(38)24(40)33-15-9-10-15/h15-19,21-22H,4-14H2,1-3H3,(H,33,40)(H,35,39)(H2,34,36,42)/t16?,17?,18?,19-,21+,22?/m0/s1. The molecular weight excluding hydrogens is 760 g/mol. The Labute approximate surface area is 287 Å². The lowest BCUT2D eigenvalue weighted by molar-refractivity contribution is -0.143. The molecule has 4 unspecified atom stereocenters. The zero-order valence-corrected chi connectivity index (χ0v) is 30.2. The molecule has 2 heterocycles. The van der Waals surface area contributed by atoms with Gasteiger partial charge >= 0.3 is 6.03 Å². The quantitative estimate of drug-likeness (QED) is 0.120. The number of ketones is 1. The van der Waals surface area contributed by atoms with Gasteiger partial charge in [0.1, 0.15) is 20.5 Å². The van der Waals surface area contributed by atoms with Crippen LogP contribution < -0.4 is 21.3 Å². The number of hydrogen-bond donors (Lipinski definition) is 4. The highest BCUT2D eigenvalue weighted by Gasteiger charge is 2.74. The first-order valence-corrected chi connectivity index (χ1v) is 19.4. The number of Topliss-reactive ketones (excluding diaryl/α,β-unsaturated/α-hetero) is 1. The van der Waals surface area contributed by atoms with Crippen molar-refractivity contribution in [2.75, 3.05) is 12.3 Å². The number of nitrogens with one attached hydrogen (secondary N) is 4. The van der Waals surface area contributed by atoms with Crippen LogP contribution in [0.3, 0.4) is 0 Å².